The van der Waals surface area contributed by atoms with Gasteiger partial charge in [-0.2, -0.15) is 0 Å². The molecule has 0 N–H and O–H groups in total. The van der Waals surface area contributed by atoms with Gasteiger partial charge in [0.05, 0.1) is 0 Å². The van der Waals surface area contributed by atoms with Gasteiger partial charge in [-0.05, 0) is 11.8 Å². The van der Waals surface area contributed by atoms with Crippen molar-refractivity contribution in [2.45, 2.75) is 25.5 Å². The molecule has 0 aliphatic carbocycles. The van der Waals surface area contributed by atoms with E-state index in [1.54, 1.807) is 11.8 Å². The second kappa shape index (κ2) is 3.37. The lowest BCUT2D eigenvalue weighted by atomic mass is 10.4. The fourth-order valence-corrected chi connectivity index (χ4v) is 1.66. The number of halogens is 1. The van der Waals surface area contributed by atoms with Crippen LogP contribution in [0.15, 0.2) is 4.99 Å². The Bertz CT molecular complexity index is 231. The molecule has 0 saturated carbocycles. The predicted octanol–water partition coefficient (Wildman–Crippen LogP) is 0.908. The van der Waals surface area contributed by atoms with Crippen molar-refractivity contribution in [3.05, 3.63) is 10.1 Å². The third kappa shape index (κ3) is 1.42. The molecule has 0 amide bonds. The summed E-state index contributed by atoms with van der Waals surface area (Å²) in [6.07, 6.45) is -0.183. The zero-order valence-electron chi connectivity index (χ0n) is 6.90. The van der Waals surface area contributed by atoms with Crippen LogP contribution in [0.4, 0.5) is 0 Å². The third-order valence-corrected chi connectivity index (χ3v) is 2.30. The Labute approximate surface area is 75.2 Å². The van der Waals surface area contributed by atoms with Crippen molar-refractivity contribution in [2.24, 2.45) is 4.99 Å². The van der Waals surface area contributed by atoms with Gasteiger partial charge in [0.2, 0.25) is 0 Å². The van der Waals surface area contributed by atoms with Crippen LogP contribution >= 0.6 is 11.6 Å². The number of nitrogens with zero attached hydrogens (tertiary/aromatic N) is 3. The SMILES string of the molecule is CCN1[C@H](Cl)C([N+](=O)[O-])=N[C@@H]1C. The molecule has 68 valence electrons. The molecule has 1 rings (SSSR count). The molecule has 0 saturated heterocycles. The van der Waals surface area contributed by atoms with Gasteiger partial charge in [-0.25, -0.2) is 4.90 Å². The van der Waals surface area contributed by atoms with Crippen LogP contribution < -0.4 is 0 Å². The van der Waals surface area contributed by atoms with Gasteiger partial charge in [-0.3, -0.25) is 0 Å². The summed E-state index contributed by atoms with van der Waals surface area (Å²) in [6, 6.07) is 0. The fraction of sp³-hybridized carbons (Fsp3) is 0.833. The highest BCUT2D eigenvalue weighted by atomic mass is 35.5. The summed E-state index contributed by atoms with van der Waals surface area (Å²) in [4.78, 5) is 15.4. The maximum absolute atomic E-state index is 10.4. The molecule has 0 aromatic rings. The molecule has 0 fully saturated rings. The Morgan fingerprint density at radius 3 is 2.67 bits per heavy atom. The minimum atomic E-state index is -0.681. The number of hydrogen-bond acceptors (Lipinski definition) is 4. The molecule has 6 heteroatoms. The van der Waals surface area contributed by atoms with Gasteiger partial charge < -0.3 is 10.1 Å². The largest absolute Gasteiger partial charge is 0.367 e. The fourth-order valence-electron chi connectivity index (χ4n) is 1.22. The minimum Gasteiger partial charge on any atom is -0.358 e. The molecule has 5 nitrogen and oxygen atoms in total. The third-order valence-electron chi connectivity index (χ3n) is 1.86. The van der Waals surface area contributed by atoms with Crippen molar-refractivity contribution in [1.82, 2.24) is 4.90 Å². The minimum absolute atomic E-state index is 0.147. The second-order valence-electron chi connectivity index (χ2n) is 2.54. The van der Waals surface area contributed by atoms with Gasteiger partial charge in [0.25, 0.3) is 0 Å². The molecule has 0 unspecified atom stereocenters. The monoisotopic (exact) mass is 191 g/mol. The number of hydrogen-bond donors (Lipinski definition) is 0. The van der Waals surface area contributed by atoms with Crippen molar-refractivity contribution in [3.8, 4) is 0 Å². The summed E-state index contributed by atoms with van der Waals surface area (Å²) < 4.78 is 0. The first-order chi connectivity index (χ1) is 5.57. The number of rotatable bonds is 1. The van der Waals surface area contributed by atoms with Crippen molar-refractivity contribution < 1.29 is 4.92 Å². The normalized spacial score (nSPS) is 30.4. The maximum Gasteiger partial charge on any atom is 0.367 e. The van der Waals surface area contributed by atoms with E-state index >= 15 is 0 Å². The van der Waals surface area contributed by atoms with E-state index in [1.165, 1.54) is 0 Å². The average Bonchev–Trinajstić information content (AvgIpc) is 2.27. The maximum atomic E-state index is 10.4. The number of likely N-dealkylation sites (N-methyl/N-ethyl adjacent to an activating group) is 1. The number of nitro groups is 1. The lowest BCUT2D eigenvalue weighted by molar-refractivity contribution is -0.353. The molecule has 1 aliphatic heterocycles. The Balaban J connectivity index is 2.81. The second-order valence-corrected chi connectivity index (χ2v) is 2.96. The van der Waals surface area contributed by atoms with Gasteiger partial charge in [0.15, 0.2) is 11.7 Å². The molecule has 0 radical (unpaired) electrons. The van der Waals surface area contributed by atoms with Crippen LogP contribution in [-0.4, -0.2) is 33.9 Å². The van der Waals surface area contributed by atoms with Crippen LogP contribution in [0.5, 0.6) is 0 Å². The lowest BCUT2D eigenvalue weighted by Crippen LogP contribution is -2.36. The summed E-state index contributed by atoms with van der Waals surface area (Å²) in [6.45, 7) is 4.34. The van der Waals surface area contributed by atoms with E-state index in [2.05, 4.69) is 4.99 Å². The molecule has 12 heavy (non-hydrogen) atoms. The van der Waals surface area contributed by atoms with Crippen molar-refractivity contribution in [2.75, 3.05) is 6.54 Å². The van der Waals surface area contributed by atoms with E-state index < -0.39 is 10.4 Å². The number of aliphatic imine (C=N–C) groups is 1. The van der Waals surface area contributed by atoms with Crippen LogP contribution in [0.2, 0.25) is 0 Å². The molecule has 0 bridgehead atoms. The average molecular weight is 192 g/mol. The first-order valence-corrected chi connectivity index (χ1v) is 4.13. The van der Waals surface area contributed by atoms with Crippen LogP contribution in [0.3, 0.4) is 0 Å². The van der Waals surface area contributed by atoms with Crippen LogP contribution in [0, 0.1) is 10.1 Å². The molecular weight excluding hydrogens is 182 g/mol. The molecule has 0 aromatic heterocycles. The van der Waals surface area contributed by atoms with E-state index in [0.717, 1.165) is 0 Å². The Morgan fingerprint density at radius 1 is 1.83 bits per heavy atom. The Morgan fingerprint density at radius 2 is 2.42 bits per heavy atom. The van der Waals surface area contributed by atoms with E-state index in [4.69, 9.17) is 11.6 Å². The van der Waals surface area contributed by atoms with E-state index in [0.29, 0.717) is 6.54 Å². The summed E-state index contributed by atoms with van der Waals surface area (Å²) >= 11 is 5.79. The molecule has 1 aliphatic rings. The zero-order valence-corrected chi connectivity index (χ0v) is 7.65. The quantitative estimate of drug-likeness (QED) is 0.268. The first-order valence-electron chi connectivity index (χ1n) is 3.69. The van der Waals surface area contributed by atoms with E-state index in [-0.39, 0.29) is 12.0 Å². The topological polar surface area (TPSA) is 58.7 Å². The van der Waals surface area contributed by atoms with Gasteiger partial charge in [0.1, 0.15) is 0 Å². The highest BCUT2D eigenvalue weighted by Crippen LogP contribution is 2.19. The molecule has 2 atom stereocenters. The van der Waals surface area contributed by atoms with Gasteiger partial charge in [-0.1, -0.05) is 23.5 Å². The zero-order chi connectivity index (χ0) is 9.30. The van der Waals surface area contributed by atoms with Crippen LogP contribution in [0.1, 0.15) is 13.8 Å². The van der Waals surface area contributed by atoms with Gasteiger partial charge in [0, 0.05) is 6.54 Å². The summed E-state index contributed by atoms with van der Waals surface area (Å²) in [7, 11) is 0. The van der Waals surface area contributed by atoms with Gasteiger partial charge >= 0.3 is 5.84 Å². The van der Waals surface area contributed by atoms with E-state index in [9.17, 15) is 10.1 Å². The van der Waals surface area contributed by atoms with Crippen molar-refractivity contribution >= 4 is 17.4 Å². The number of amidine groups is 1. The van der Waals surface area contributed by atoms with Crippen LogP contribution in [-0.2, 0) is 0 Å². The highest BCUT2D eigenvalue weighted by molar-refractivity contribution is 6.30. The van der Waals surface area contributed by atoms with Crippen molar-refractivity contribution in [3.63, 3.8) is 0 Å². The van der Waals surface area contributed by atoms with Gasteiger partial charge in [-0.15, -0.1) is 0 Å². The summed E-state index contributed by atoms with van der Waals surface area (Å²) in [5.41, 5.74) is -0.681. The van der Waals surface area contributed by atoms with Crippen molar-refractivity contribution in [1.29, 1.82) is 0 Å². The smallest absolute Gasteiger partial charge is 0.358 e. The lowest BCUT2D eigenvalue weighted by Gasteiger charge is -2.16. The molecular formula is C6H10ClN3O2. The molecule has 1 heterocycles. The van der Waals surface area contributed by atoms with E-state index in [1.807, 2.05) is 6.92 Å². The highest BCUT2D eigenvalue weighted by Gasteiger charge is 2.41. The van der Waals surface area contributed by atoms with Crippen LogP contribution in [0.25, 0.3) is 0 Å². The Hall–Kier alpha value is -0.680. The number of alkyl halides is 1. The Kier molecular flexibility index (Phi) is 2.64. The standard InChI is InChI=1S/C6H10ClN3O2/c1-3-9-4(2)8-6(5(9)7)10(11)12/h4-5H,3H2,1-2H3/t4-,5-/m0/s1. The summed E-state index contributed by atoms with van der Waals surface area (Å²) in [5, 5.41) is 10.4. The first kappa shape index (κ1) is 9.41. The summed E-state index contributed by atoms with van der Waals surface area (Å²) in [5.74, 6) is -0.147. The predicted molar refractivity (Wildman–Crippen MR) is 45.9 cm³/mol. The molecule has 0 spiro atoms. The molecule has 0 aromatic carbocycles.